The van der Waals surface area contributed by atoms with Gasteiger partial charge in [0.2, 0.25) is 0 Å². The average Bonchev–Trinajstić information content (AvgIpc) is 2.78. The molecule has 0 aromatic heterocycles. The Morgan fingerprint density at radius 3 is 2.35 bits per heavy atom. The number of hydrogen-bond acceptors (Lipinski definition) is 7. The summed E-state index contributed by atoms with van der Waals surface area (Å²) in [5, 5.41) is 3.01. The van der Waals surface area contributed by atoms with Crippen LogP contribution in [0.25, 0.3) is 0 Å². The summed E-state index contributed by atoms with van der Waals surface area (Å²) in [6.45, 7) is 3.91. The lowest BCUT2D eigenvalue weighted by Crippen LogP contribution is -2.39. The highest BCUT2D eigenvalue weighted by Gasteiger charge is 2.30. The van der Waals surface area contributed by atoms with Crippen molar-refractivity contribution in [2.75, 3.05) is 26.4 Å². The molecule has 1 rings (SSSR count). The molecular formula is C24H34F3NO6. The lowest BCUT2D eigenvalue weighted by molar-refractivity contribution is -0.146. The lowest BCUT2D eigenvalue weighted by atomic mass is 10.1. The summed E-state index contributed by atoms with van der Waals surface area (Å²) in [4.78, 5) is 35.6. The van der Waals surface area contributed by atoms with Crippen molar-refractivity contribution >= 4 is 17.7 Å². The van der Waals surface area contributed by atoms with E-state index in [0.29, 0.717) is 19.4 Å². The minimum absolute atomic E-state index is 0.0384. The van der Waals surface area contributed by atoms with Crippen LogP contribution in [0.5, 0.6) is 5.75 Å². The number of benzene rings is 1. The fourth-order valence-corrected chi connectivity index (χ4v) is 3.13. The summed E-state index contributed by atoms with van der Waals surface area (Å²) in [5.74, 6) is -0.966. The predicted octanol–water partition coefficient (Wildman–Crippen LogP) is 4.47. The minimum Gasteiger partial charge on any atom is -0.486 e. The van der Waals surface area contributed by atoms with Crippen LogP contribution in [0.1, 0.15) is 64.4 Å². The van der Waals surface area contributed by atoms with Gasteiger partial charge in [-0.25, -0.2) is 0 Å². The van der Waals surface area contributed by atoms with E-state index < -0.39 is 23.8 Å². The molecule has 192 valence electrons. The zero-order chi connectivity index (χ0) is 25.4. The Morgan fingerprint density at radius 2 is 1.68 bits per heavy atom. The van der Waals surface area contributed by atoms with Crippen molar-refractivity contribution < 1.29 is 41.8 Å². The van der Waals surface area contributed by atoms with Gasteiger partial charge in [-0.05, 0) is 44.9 Å². The van der Waals surface area contributed by atoms with Gasteiger partial charge >= 0.3 is 18.1 Å². The number of alkyl halides is 3. The maximum atomic E-state index is 12.8. The van der Waals surface area contributed by atoms with Crippen LogP contribution in [0.2, 0.25) is 0 Å². The molecule has 10 heteroatoms. The van der Waals surface area contributed by atoms with Crippen LogP contribution in [-0.2, 0) is 30.0 Å². The number of halogens is 3. The molecular weight excluding hydrogens is 455 g/mol. The molecule has 1 aromatic carbocycles. The number of carbonyl (C=O) groups excluding carboxylic acids is 3. The van der Waals surface area contributed by atoms with Gasteiger partial charge in [-0.2, -0.15) is 13.2 Å². The average molecular weight is 490 g/mol. The van der Waals surface area contributed by atoms with Crippen molar-refractivity contribution in [3.8, 4) is 5.75 Å². The van der Waals surface area contributed by atoms with E-state index in [2.05, 4.69) is 5.32 Å². The Balaban J connectivity index is 2.36. The molecule has 0 amide bonds. The molecule has 0 spiro atoms. The van der Waals surface area contributed by atoms with Crippen LogP contribution >= 0.6 is 0 Å². The topological polar surface area (TPSA) is 90.9 Å². The normalized spacial score (nSPS) is 12.1. The molecule has 0 fully saturated rings. The zero-order valence-corrected chi connectivity index (χ0v) is 19.7. The van der Waals surface area contributed by atoms with Crippen LogP contribution in [0.3, 0.4) is 0 Å². The van der Waals surface area contributed by atoms with Crippen LogP contribution in [-0.4, -0.2) is 50.1 Å². The molecule has 34 heavy (non-hydrogen) atoms. The first-order valence-electron chi connectivity index (χ1n) is 11.5. The fourth-order valence-electron chi connectivity index (χ4n) is 3.13. The number of rotatable bonds is 17. The van der Waals surface area contributed by atoms with Gasteiger partial charge in [0, 0.05) is 19.4 Å². The van der Waals surface area contributed by atoms with E-state index in [-0.39, 0.29) is 43.7 Å². The molecule has 0 saturated heterocycles. The van der Waals surface area contributed by atoms with Crippen LogP contribution in [0.4, 0.5) is 13.2 Å². The summed E-state index contributed by atoms with van der Waals surface area (Å²) >= 11 is 0. The molecule has 0 bridgehead atoms. The third kappa shape index (κ3) is 12.6. The van der Waals surface area contributed by atoms with Crippen molar-refractivity contribution in [3.63, 3.8) is 0 Å². The number of hydrogen-bond donors (Lipinski definition) is 1. The van der Waals surface area contributed by atoms with Crippen molar-refractivity contribution in [2.45, 2.75) is 71.0 Å². The van der Waals surface area contributed by atoms with Crippen molar-refractivity contribution in [1.82, 2.24) is 5.32 Å². The maximum absolute atomic E-state index is 12.8. The zero-order valence-electron chi connectivity index (χ0n) is 19.7. The Morgan fingerprint density at radius 1 is 0.971 bits per heavy atom. The molecule has 1 unspecified atom stereocenters. The molecule has 1 atom stereocenters. The SMILES string of the molecule is CCOC(=O)CCCCCCC(NCCC(=O)COc1cccc(C(F)(F)F)c1)C(=O)OCC. The second kappa shape index (κ2) is 16.1. The van der Waals surface area contributed by atoms with Crippen LogP contribution in [0, 0.1) is 0 Å². The van der Waals surface area contributed by atoms with E-state index in [4.69, 9.17) is 14.2 Å². The Bertz CT molecular complexity index is 769. The Labute approximate surface area is 198 Å². The van der Waals surface area contributed by atoms with Crippen molar-refractivity contribution in [2.24, 2.45) is 0 Å². The molecule has 0 aliphatic heterocycles. The fraction of sp³-hybridized carbons (Fsp3) is 0.625. The number of ether oxygens (including phenoxy) is 3. The Kier molecular flexibility index (Phi) is 13.9. The number of esters is 2. The number of unbranched alkanes of at least 4 members (excludes halogenated alkanes) is 3. The molecule has 0 saturated carbocycles. The molecule has 0 aliphatic rings. The second-order valence-corrected chi connectivity index (χ2v) is 7.62. The summed E-state index contributed by atoms with van der Waals surface area (Å²) in [7, 11) is 0. The second-order valence-electron chi connectivity index (χ2n) is 7.62. The third-order valence-corrected chi connectivity index (χ3v) is 4.86. The maximum Gasteiger partial charge on any atom is 0.416 e. The van der Waals surface area contributed by atoms with Gasteiger partial charge in [-0.15, -0.1) is 0 Å². The number of nitrogens with one attached hydrogen (secondary N) is 1. The minimum atomic E-state index is -4.49. The smallest absolute Gasteiger partial charge is 0.416 e. The summed E-state index contributed by atoms with van der Waals surface area (Å²) in [6.07, 6.45) is -0.418. The van der Waals surface area contributed by atoms with Gasteiger partial charge in [-0.1, -0.05) is 25.3 Å². The van der Waals surface area contributed by atoms with Gasteiger partial charge in [0.15, 0.2) is 5.78 Å². The van der Waals surface area contributed by atoms with Crippen LogP contribution in [0.15, 0.2) is 24.3 Å². The largest absolute Gasteiger partial charge is 0.486 e. The van der Waals surface area contributed by atoms with E-state index in [1.165, 1.54) is 12.1 Å². The van der Waals surface area contributed by atoms with E-state index in [1.807, 2.05) is 0 Å². The quantitative estimate of drug-likeness (QED) is 0.255. The monoisotopic (exact) mass is 489 g/mol. The number of Topliss-reactive ketones (excluding diaryl/α,β-unsaturated/α-hetero) is 1. The first kappa shape index (κ1) is 29.4. The van der Waals surface area contributed by atoms with Gasteiger partial charge in [-0.3, -0.25) is 14.4 Å². The number of carbonyl (C=O) groups is 3. The molecule has 0 radical (unpaired) electrons. The van der Waals surface area contributed by atoms with Gasteiger partial charge < -0.3 is 19.5 Å². The highest BCUT2D eigenvalue weighted by Crippen LogP contribution is 2.31. The van der Waals surface area contributed by atoms with E-state index >= 15 is 0 Å². The third-order valence-electron chi connectivity index (χ3n) is 4.86. The molecule has 1 aromatic rings. The summed E-state index contributed by atoms with van der Waals surface area (Å²) < 4.78 is 53.4. The first-order valence-corrected chi connectivity index (χ1v) is 11.5. The molecule has 0 aliphatic carbocycles. The van der Waals surface area contributed by atoms with E-state index in [9.17, 15) is 27.6 Å². The van der Waals surface area contributed by atoms with Crippen molar-refractivity contribution in [1.29, 1.82) is 0 Å². The predicted molar refractivity (Wildman–Crippen MR) is 119 cm³/mol. The van der Waals surface area contributed by atoms with E-state index in [1.54, 1.807) is 13.8 Å². The highest BCUT2D eigenvalue weighted by atomic mass is 19.4. The highest BCUT2D eigenvalue weighted by molar-refractivity contribution is 5.80. The number of ketones is 1. The molecule has 7 nitrogen and oxygen atoms in total. The van der Waals surface area contributed by atoms with Gasteiger partial charge in [0.1, 0.15) is 18.4 Å². The summed E-state index contributed by atoms with van der Waals surface area (Å²) in [6, 6.07) is 3.76. The Hall–Kier alpha value is -2.62. The standard InChI is InChI=1S/C24H34F3NO6/c1-3-32-22(30)13-8-6-5-7-12-21(23(31)33-4-2)28-15-14-19(29)17-34-20-11-9-10-18(16-20)24(25,26)27/h9-11,16,21,28H,3-8,12-15,17H2,1-2H3. The first-order chi connectivity index (χ1) is 16.2. The van der Waals surface area contributed by atoms with Crippen molar-refractivity contribution in [3.05, 3.63) is 29.8 Å². The lowest BCUT2D eigenvalue weighted by Gasteiger charge is -2.17. The van der Waals surface area contributed by atoms with Crippen LogP contribution < -0.4 is 10.1 Å². The molecule has 0 heterocycles. The van der Waals surface area contributed by atoms with Gasteiger partial charge in [0.05, 0.1) is 18.8 Å². The van der Waals surface area contributed by atoms with E-state index in [0.717, 1.165) is 37.8 Å². The summed E-state index contributed by atoms with van der Waals surface area (Å²) in [5.41, 5.74) is -0.850. The van der Waals surface area contributed by atoms with Gasteiger partial charge in [0.25, 0.3) is 0 Å². The molecule has 1 N–H and O–H groups in total.